The van der Waals surface area contributed by atoms with E-state index in [1.54, 1.807) is 0 Å². The second kappa shape index (κ2) is 5.68. The number of fused-ring (bicyclic) bond motifs is 3. The molecule has 0 saturated carbocycles. The summed E-state index contributed by atoms with van der Waals surface area (Å²) in [6.07, 6.45) is 2.03. The average Bonchev–Trinajstić information content (AvgIpc) is 3.19. The highest BCUT2D eigenvalue weighted by atomic mass is 16.5. The Morgan fingerprint density at radius 2 is 2.00 bits per heavy atom. The van der Waals surface area contributed by atoms with Gasteiger partial charge in [0, 0.05) is 26.2 Å². The summed E-state index contributed by atoms with van der Waals surface area (Å²) in [5, 5.41) is 2.95. The number of nitrogens with zero attached hydrogens (tertiary/aromatic N) is 1. The number of likely N-dealkylation sites (tertiary alicyclic amines) is 1. The number of benzene rings is 2. The molecule has 1 unspecified atom stereocenters. The number of carbonyl (C=O) groups is 1. The van der Waals surface area contributed by atoms with Crippen LogP contribution in [-0.4, -0.2) is 42.6 Å². The predicted molar refractivity (Wildman–Crippen MR) is 96.3 cm³/mol. The fraction of sp³-hybridized carbons (Fsp3) is 0.381. The lowest BCUT2D eigenvalue weighted by Gasteiger charge is -2.33. The Balaban J connectivity index is 1.30. The highest BCUT2D eigenvalue weighted by Crippen LogP contribution is 2.37. The van der Waals surface area contributed by atoms with Crippen molar-refractivity contribution in [2.45, 2.75) is 25.0 Å². The third kappa shape index (κ3) is 2.66. The van der Waals surface area contributed by atoms with E-state index in [0.717, 1.165) is 32.5 Å². The van der Waals surface area contributed by atoms with Gasteiger partial charge >= 0.3 is 0 Å². The Bertz CT molecular complexity index is 836. The summed E-state index contributed by atoms with van der Waals surface area (Å²) in [6, 6.07) is 15.6. The maximum Gasteiger partial charge on any atom is 0.246 e. The normalized spacial score (nSPS) is 25.0. The van der Waals surface area contributed by atoms with Crippen LogP contribution >= 0.6 is 0 Å². The number of amides is 1. The molecule has 1 N–H and O–H groups in total. The molecule has 25 heavy (non-hydrogen) atoms. The first-order chi connectivity index (χ1) is 12.2. The molecule has 2 fully saturated rings. The molecule has 2 heterocycles. The smallest absolute Gasteiger partial charge is 0.246 e. The van der Waals surface area contributed by atoms with Crippen molar-refractivity contribution in [2.75, 3.05) is 26.2 Å². The standard InChI is InChI=1S/C21H22N2O2/c24-20-12-25-21(13-22-20)7-8-23(14-21)11-15-5-6-19-17(9-15)10-16-3-1-2-4-18(16)19/h1-6,9H,7-8,10-14H2,(H,22,24). The van der Waals surface area contributed by atoms with Gasteiger partial charge in [0.05, 0.1) is 5.60 Å². The number of hydrogen-bond donors (Lipinski definition) is 1. The van der Waals surface area contributed by atoms with Gasteiger partial charge in [0.25, 0.3) is 0 Å². The summed E-state index contributed by atoms with van der Waals surface area (Å²) in [6.45, 7) is 3.70. The molecule has 1 aliphatic carbocycles. The van der Waals surface area contributed by atoms with Gasteiger partial charge in [0.1, 0.15) is 6.61 Å². The van der Waals surface area contributed by atoms with Crippen LogP contribution in [0.1, 0.15) is 23.1 Å². The molecule has 128 valence electrons. The highest BCUT2D eigenvalue weighted by molar-refractivity contribution is 5.78. The predicted octanol–water partition coefficient (Wildman–Crippen LogP) is 2.35. The van der Waals surface area contributed by atoms with Crippen molar-refractivity contribution in [1.82, 2.24) is 10.2 Å². The fourth-order valence-electron chi connectivity index (χ4n) is 4.46. The van der Waals surface area contributed by atoms with Gasteiger partial charge in [-0.15, -0.1) is 0 Å². The number of morpholine rings is 1. The molecule has 3 aliphatic rings. The van der Waals surface area contributed by atoms with Crippen LogP contribution in [0, 0.1) is 0 Å². The molecule has 2 aromatic rings. The van der Waals surface area contributed by atoms with E-state index in [9.17, 15) is 4.79 Å². The van der Waals surface area contributed by atoms with Crippen LogP contribution in [0.25, 0.3) is 11.1 Å². The van der Waals surface area contributed by atoms with Crippen molar-refractivity contribution in [3.63, 3.8) is 0 Å². The van der Waals surface area contributed by atoms with Gasteiger partial charge in [-0.05, 0) is 40.7 Å². The zero-order valence-corrected chi connectivity index (χ0v) is 14.3. The van der Waals surface area contributed by atoms with Crippen LogP contribution in [0.15, 0.2) is 42.5 Å². The molecule has 2 aliphatic heterocycles. The molecule has 2 aromatic carbocycles. The lowest BCUT2D eigenvalue weighted by atomic mass is 10.0. The van der Waals surface area contributed by atoms with E-state index in [1.807, 2.05) is 0 Å². The third-order valence-electron chi connectivity index (χ3n) is 5.78. The Kier molecular flexibility index (Phi) is 3.43. The van der Waals surface area contributed by atoms with Crippen LogP contribution in [0.3, 0.4) is 0 Å². The summed E-state index contributed by atoms with van der Waals surface area (Å²) < 4.78 is 5.87. The van der Waals surface area contributed by atoms with E-state index in [-0.39, 0.29) is 18.1 Å². The molecule has 1 amide bonds. The van der Waals surface area contributed by atoms with E-state index >= 15 is 0 Å². The maximum atomic E-state index is 11.3. The van der Waals surface area contributed by atoms with Crippen molar-refractivity contribution in [3.05, 3.63) is 59.2 Å². The molecule has 1 atom stereocenters. The summed E-state index contributed by atoms with van der Waals surface area (Å²) in [7, 11) is 0. The van der Waals surface area contributed by atoms with Crippen molar-refractivity contribution >= 4 is 5.91 Å². The molecular formula is C21H22N2O2. The lowest BCUT2D eigenvalue weighted by molar-refractivity contribution is -0.142. The van der Waals surface area contributed by atoms with Crippen molar-refractivity contribution in [3.8, 4) is 11.1 Å². The van der Waals surface area contributed by atoms with E-state index in [2.05, 4.69) is 52.7 Å². The molecule has 2 saturated heterocycles. The van der Waals surface area contributed by atoms with Gasteiger partial charge in [0.15, 0.2) is 0 Å². The molecule has 4 nitrogen and oxygen atoms in total. The lowest BCUT2D eigenvalue weighted by Crippen LogP contribution is -2.53. The Morgan fingerprint density at radius 1 is 1.12 bits per heavy atom. The highest BCUT2D eigenvalue weighted by Gasteiger charge is 2.42. The topological polar surface area (TPSA) is 41.6 Å². The van der Waals surface area contributed by atoms with Gasteiger partial charge in [-0.25, -0.2) is 0 Å². The molecular weight excluding hydrogens is 312 g/mol. The minimum absolute atomic E-state index is 0.00210. The second-order valence-corrected chi connectivity index (χ2v) is 7.53. The fourth-order valence-corrected chi connectivity index (χ4v) is 4.46. The van der Waals surface area contributed by atoms with Crippen molar-refractivity contribution in [1.29, 1.82) is 0 Å². The number of nitrogens with one attached hydrogen (secondary N) is 1. The number of ether oxygens (including phenoxy) is 1. The Labute approximate surface area is 147 Å². The first-order valence-electron chi connectivity index (χ1n) is 9.04. The molecule has 0 bridgehead atoms. The van der Waals surface area contributed by atoms with E-state index in [1.165, 1.54) is 27.8 Å². The van der Waals surface area contributed by atoms with Gasteiger partial charge in [-0.1, -0.05) is 42.5 Å². The average molecular weight is 334 g/mol. The van der Waals surface area contributed by atoms with Crippen molar-refractivity contribution in [2.24, 2.45) is 0 Å². The van der Waals surface area contributed by atoms with E-state index in [4.69, 9.17) is 4.74 Å². The first kappa shape index (κ1) is 15.1. The second-order valence-electron chi connectivity index (χ2n) is 7.53. The van der Waals surface area contributed by atoms with Gasteiger partial charge in [-0.2, -0.15) is 0 Å². The largest absolute Gasteiger partial charge is 0.362 e. The first-order valence-corrected chi connectivity index (χ1v) is 9.04. The zero-order valence-electron chi connectivity index (χ0n) is 14.3. The van der Waals surface area contributed by atoms with Gasteiger partial charge in [0.2, 0.25) is 5.91 Å². The van der Waals surface area contributed by atoms with E-state index < -0.39 is 0 Å². The molecule has 1 spiro atoms. The maximum absolute atomic E-state index is 11.3. The zero-order chi connectivity index (χ0) is 16.9. The van der Waals surface area contributed by atoms with Crippen LogP contribution in [0.2, 0.25) is 0 Å². The van der Waals surface area contributed by atoms with Crippen LogP contribution in [-0.2, 0) is 22.5 Å². The minimum Gasteiger partial charge on any atom is -0.362 e. The summed E-state index contributed by atoms with van der Waals surface area (Å²) in [5.41, 5.74) is 6.82. The SMILES string of the molecule is O=C1COC2(CCN(Cc3ccc4c(c3)Cc3ccccc3-4)C2)CN1. The quantitative estimate of drug-likeness (QED) is 0.782. The van der Waals surface area contributed by atoms with Gasteiger partial charge < -0.3 is 10.1 Å². The molecule has 0 aromatic heterocycles. The monoisotopic (exact) mass is 334 g/mol. The summed E-state index contributed by atoms with van der Waals surface area (Å²) >= 11 is 0. The Morgan fingerprint density at radius 3 is 2.88 bits per heavy atom. The summed E-state index contributed by atoms with van der Waals surface area (Å²) in [4.78, 5) is 13.8. The molecule has 5 rings (SSSR count). The summed E-state index contributed by atoms with van der Waals surface area (Å²) in [5.74, 6) is 0.00210. The minimum atomic E-state index is -0.180. The number of hydrogen-bond acceptors (Lipinski definition) is 3. The third-order valence-corrected chi connectivity index (χ3v) is 5.78. The van der Waals surface area contributed by atoms with Crippen LogP contribution < -0.4 is 5.32 Å². The van der Waals surface area contributed by atoms with E-state index in [0.29, 0.717) is 6.54 Å². The number of rotatable bonds is 2. The van der Waals surface area contributed by atoms with Crippen LogP contribution in [0.4, 0.5) is 0 Å². The van der Waals surface area contributed by atoms with Crippen molar-refractivity contribution < 1.29 is 9.53 Å². The van der Waals surface area contributed by atoms with Crippen LogP contribution in [0.5, 0.6) is 0 Å². The molecule has 4 heteroatoms. The van der Waals surface area contributed by atoms with Gasteiger partial charge in [-0.3, -0.25) is 9.69 Å². The molecule has 0 radical (unpaired) electrons. The number of carbonyl (C=O) groups excluding carboxylic acids is 1. The Hall–Kier alpha value is -2.17.